The summed E-state index contributed by atoms with van der Waals surface area (Å²) in [7, 11) is 1.68. The highest BCUT2D eigenvalue weighted by atomic mass is 35.5. The molecule has 102 heavy (non-hydrogen) atoms. The fraction of sp³-hybridized carbons (Fsp3) is 0.265. The zero-order valence-electron chi connectivity index (χ0n) is 63.2. The van der Waals surface area contributed by atoms with Gasteiger partial charge in [-0.15, -0.1) is 0 Å². The fourth-order valence-electron chi connectivity index (χ4n) is 8.41. The predicted octanol–water partition coefficient (Wildman–Crippen LogP) is 30.2. The van der Waals surface area contributed by atoms with Gasteiger partial charge in [0.15, 0.2) is 0 Å². The van der Waals surface area contributed by atoms with Crippen molar-refractivity contribution in [2.75, 3.05) is 7.11 Å². The Balaban J connectivity index is -0.000000512. The molecule has 0 radical (unpaired) electrons. The number of hydrogen-bond donors (Lipinski definition) is 0. The Bertz CT molecular complexity index is 3370. The standard InChI is InChI=1S/C8H9F.C8H10O.8C8H10.C7H7Cl.C7H7F.4CH4/c1-6-3-7(2)5-8(9)4-6;1-7-5-3-4-6-8(7)9-2;5*1-7-3-5-8(2)6-4-7;3*1-7-4-3-5-8(2)6-7;2*1-6-4-2-3-5-7(6)8;;;;/h3-5H,1-2H3;3-6H,1-2H3;8*3-6H,1-2H3;2*2-5H,1H3;4*1H4. The molecule has 0 fully saturated rings. The summed E-state index contributed by atoms with van der Waals surface area (Å²) in [6, 6.07) is 95.2. The van der Waals surface area contributed by atoms with Crippen molar-refractivity contribution in [3.63, 3.8) is 0 Å². The van der Waals surface area contributed by atoms with Crippen LogP contribution in [0.2, 0.25) is 5.02 Å². The van der Waals surface area contributed by atoms with Gasteiger partial charge >= 0.3 is 0 Å². The summed E-state index contributed by atoms with van der Waals surface area (Å²) in [5.74, 6) is 0.678. The zero-order chi connectivity index (χ0) is 73.4. The van der Waals surface area contributed by atoms with E-state index in [1.54, 1.807) is 26.2 Å². The molecule has 0 saturated heterocycles. The largest absolute Gasteiger partial charge is 0.496 e. The van der Waals surface area contributed by atoms with Gasteiger partial charge in [-0.3, -0.25) is 0 Å². The summed E-state index contributed by atoms with van der Waals surface area (Å²) in [6.07, 6.45) is 0. The van der Waals surface area contributed by atoms with Crippen LogP contribution in [0.25, 0.3) is 0 Å². The number of aryl methyl sites for hydroxylation is 21. The SMILES string of the molecule is C.C.C.C.COc1ccccc1C.Cc1cc(C)cc(F)c1.Cc1ccc(C)cc1.Cc1ccc(C)cc1.Cc1ccc(C)cc1.Cc1ccc(C)cc1.Cc1ccc(C)cc1.Cc1cccc(C)c1.Cc1cccc(C)c1.Cc1cccc(C)c1.Cc1ccccc1Cl.Cc1ccccc1F. The van der Waals surface area contributed by atoms with Gasteiger partial charge < -0.3 is 4.74 Å². The van der Waals surface area contributed by atoms with Gasteiger partial charge in [0.25, 0.3) is 0 Å². The Morgan fingerprint density at radius 2 is 0.412 bits per heavy atom. The molecule has 0 aliphatic carbocycles. The van der Waals surface area contributed by atoms with E-state index in [4.69, 9.17) is 16.3 Å². The van der Waals surface area contributed by atoms with Crippen molar-refractivity contribution in [1.29, 1.82) is 0 Å². The molecule has 12 aromatic rings. The van der Waals surface area contributed by atoms with Crippen LogP contribution < -0.4 is 4.74 Å². The van der Waals surface area contributed by atoms with Gasteiger partial charge in [0.1, 0.15) is 17.4 Å². The first-order chi connectivity index (χ1) is 46.4. The van der Waals surface area contributed by atoms with Crippen LogP contribution in [0.15, 0.2) is 285 Å². The number of benzene rings is 12. The van der Waals surface area contributed by atoms with Gasteiger partial charge in [-0.2, -0.15) is 0 Å². The first-order valence-corrected chi connectivity index (χ1v) is 33.8. The Hall–Kier alpha value is -9.41. The van der Waals surface area contributed by atoms with Crippen molar-refractivity contribution in [3.05, 3.63) is 419 Å². The highest BCUT2D eigenvalue weighted by Crippen LogP contribution is 2.15. The van der Waals surface area contributed by atoms with Crippen LogP contribution >= 0.6 is 11.6 Å². The smallest absolute Gasteiger partial charge is 0.126 e. The predicted molar refractivity (Wildman–Crippen MR) is 455 cm³/mol. The number of halogens is 3. The average Bonchev–Trinajstić information content (AvgIpc) is 0.938. The molecule has 0 saturated carbocycles. The summed E-state index contributed by atoms with van der Waals surface area (Å²) in [5.41, 5.74) is 26.3. The first kappa shape index (κ1) is 99.0. The summed E-state index contributed by atoms with van der Waals surface area (Å²) < 4.78 is 29.8. The minimum absolute atomic E-state index is 0. The fourth-order valence-corrected chi connectivity index (χ4v) is 8.55. The maximum atomic E-state index is 12.4. The van der Waals surface area contributed by atoms with E-state index in [1.165, 1.54) is 113 Å². The van der Waals surface area contributed by atoms with E-state index in [-0.39, 0.29) is 41.3 Å². The molecule has 0 bridgehead atoms. The second-order valence-electron chi connectivity index (χ2n) is 25.0. The molecule has 0 heterocycles. The number of methoxy groups -OCH3 is 1. The Labute approximate surface area is 627 Å². The molecule has 0 atom stereocenters. The third-order valence-electron chi connectivity index (χ3n) is 14.3. The Morgan fingerprint density at radius 1 is 0.206 bits per heavy atom. The average molecular weight is 1400 g/mol. The quantitative estimate of drug-likeness (QED) is 0.159. The molecule has 12 rings (SSSR count). The minimum atomic E-state index is -0.146. The molecule has 0 N–H and O–H groups in total. The normalized spacial score (nSPS) is 8.91. The molecule has 0 aliphatic heterocycles. The van der Waals surface area contributed by atoms with E-state index in [2.05, 4.69) is 305 Å². The van der Waals surface area contributed by atoms with Gasteiger partial charge in [-0.05, 0) is 204 Å². The Morgan fingerprint density at radius 3 is 0.559 bits per heavy atom. The van der Waals surface area contributed by atoms with Gasteiger partial charge in [0, 0.05) is 5.02 Å². The molecular formula is C98H129ClF2O. The number of para-hydroxylation sites is 1. The van der Waals surface area contributed by atoms with Crippen molar-refractivity contribution in [1.82, 2.24) is 0 Å². The van der Waals surface area contributed by atoms with E-state index in [9.17, 15) is 8.78 Å². The maximum Gasteiger partial charge on any atom is 0.126 e. The van der Waals surface area contributed by atoms with Crippen LogP contribution in [0.5, 0.6) is 5.75 Å². The molecule has 548 valence electrons. The summed E-state index contributed by atoms with van der Waals surface area (Å²) in [5, 5.41) is 0.840. The molecular weight excluding hydrogens is 1270 g/mol. The first-order valence-electron chi connectivity index (χ1n) is 33.5. The molecule has 4 heteroatoms. The number of ether oxygens (including phenoxy) is 1. The van der Waals surface area contributed by atoms with Crippen LogP contribution in [0, 0.1) is 157 Å². The third-order valence-corrected chi connectivity index (χ3v) is 14.7. The van der Waals surface area contributed by atoms with Gasteiger partial charge in [-0.1, -0.05) is 385 Å². The van der Waals surface area contributed by atoms with E-state index < -0.39 is 0 Å². The van der Waals surface area contributed by atoms with Crippen LogP contribution in [-0.2, 0) is 0 Å². The lowest BCUT2D eigenvalue weighted by molar-refractivity contribution is 0.411. The van der Waals surface area contributed by atoms with E-state index >= 15 is 0 Å². The lowest BCUT2D eigenvalue weighted by Gasteiger charge is -2.00. The van der Waals surface area contributed by atoms with Crippen LogP contribution in [-0.4, -0.2) is 7.11 Å². The van der Waals surface area contributed by atoms with E-state index in [0.29, 0.717) is 5.56 Å². The molecule has 0 amide bonds. The third kappa shape index (κ3) is 52.6. The summed E-state index contributed by atoms with van der Waals surface area (Å²) in [6.45, 7) is 43.1. The van der Waals surface area contributed by atoms with Crippen LogP contribution in [0.3, 0.4) is 0 Å². The molecule has 1 nitrogen and oxygen atoms in total. The number of hydrogen-bond acceptors (Lipinski definition) is 1. The highest BCUT2D eigenvalue weighted by molar-refractivity contribution is 6.31. The second kappa shape index (κ2) is 58.3. The van der Waals surface area contributed by atoms with Gasteiger partial charge in [-0.25, -0.2) is 8.78 Å². The molecule has 0 aliphatic rings. The summed E-state index contributed by atoms with van der Waals surface area (Å²) >= 11 is 5.71. The Kier molecular flexibility index (Phi) is 56.5. The minimum Gasteiger partial charge on any atom is -0.496 e. The van der Waals surface area contributed by atoms with Crippen molar-refractivity contribution in [3.8, 4) is 5.75 Å². The van der Waals surface area contributed by atoms with Gasteiger partial charge in [0.2, 0.25) is 0 Å². The molecule has 0 aromatic heterocycles. The van der Waals surface area contributed by atoms with Crippen molar-refractivity contribution >= 4 is 11.6 Å². The maximum absolute atomic E-state index is 12.4. The lowest BCUT2D eigenvalue weighted by Crippen LogP contribution is -1.84. The van der Waals surface area contributed by atoms with E-state index in [1.807, 2.05) is 88.4 Å². The highest BCUT2D eigenvalue weighted by Gasteiger charge is 1.94. The van der Waals surface area contributed by atoms with Gasteiger partial charge in [0.05, 0.1) is 7.11 Å². The van der Waals surface area contributed by atoms with Crippen molar-refractivity contribution in [2.24, 2.45) is 0 Å². The molecule has 0 unspecified atom stereocenters. The van der Waals surface area contributed by atoms with Crippen LogP contribution in [0.4, 0.5) is 8.78 Å². The molecule has 12 aromatic carbocycles. The van der Waals surface area contributed by atoms with Crippen LogP contribution in [0.1, 0.15) is 147 Å². The summed E-state index contributed by atoms with van der Waals surface area (Å²) in [4.78, 5) is 0. The lowest BCUT2D eigenvalue weighted by atomic mass is 10.2. The second-order valence-corrected chi connectivity index (χ2v) is 25.4. The monoisotopic (exact) mass is 1390 g/mol. The zero-order valence-corrected chi connectivity index (χ0v) is 63.9. The van der Waals surface area contributed by atoms with Crippen molar-refractivity contribution in [2.45, 2.75) is 175 Å². The number of rotatable bonds is 1. The van der Waals surface area contributed by atoms with E-state index in [0.717, 1.165) is 27.5 Å². The molecule has 0 spiro atoms. The van der Waals surface area contributed by atoms with Crippen molar-refractivity contribution < 1.29 is 13.5 Å². The topological polar surface area (TPSA) is 9.23 Å².